The quantitative estimate of drug-likeness (QED) is 0.622. The molecule has 1 atom stereocenters. The Kier molecular flexibility index (Phi) is 5.71. The fraction of sp³-hybridized carbons (Fsp3) is 0.192. The number of nitrogens with zero attached hydrogens (tertiary/aromatic N) is 2. The van der Waals surface area contributed by atoms with Crippen LogP contribution in [0.15, 0.2) is 66.7 Å². The number of halogens is 1. The van der Waals surface area contributed by atoms with Crippen LogP contribution in [0.1, 0.15) is 20.7 Å². The van der Waals surface area contributed by atoms with Gasteiger partial charge in [-0.3, -0.25) is 14.4 Å². The zero-order valence-electron chi connectivity index (χ0n) is 18.5. The lowest BCUT2D eigenvalue weighted by molar-refractivity contribution is -0.121. The summed E-state index contributed by atoms with van der Waals surface area (Å²) in [5.74, 6) is -0.100. The van der Waals surface area contributed by atoms with Gasteiger partial charge in [0, 0.05) is 29.2 Å². The largest absolute Gasteiger partial charge is 0.496 e. The summed E-state index contributed by atoms with van der Waals surface area (Å²) in [4.78, 5) is 42.7. The van der Waals surface area contributed by atoms with Crippen molar-refractivity contribution in [2.45, 2.75) is 6.04 Å². The standard InChI is InChI=1S/C26H22ClN3O4/c1-34-23-10-8-18(27)14-19(23)17-7-9-21-20(13-17)26(33)30-12-11-29(15-22(30)24(31)28-21)25(32)16-5-3-2-4-6-16/h2-10,13-14,22H,11-12,15H2,1H3,(H,28,31). The minimum atomic E-state index is -0.773. The molecule has 0 saturated carbocycles. The van der Waals surface area contributed by atoms with E-state index in [1.165, 1.54) is 0 Å². The molecule has 3 amide bonds. The number of benzene rings is 3. The number of nitrogens with one attached hydrogen (secondary N) is 1. The number of carbonyl (C=O) groups is 3. The highest BCUT2D eigenvalue weighted by Gasteiger charge is 2.40. The summed E-state index contributed by atoms with van der Waals surface area (Å²) in [6.45, 7) is 0.744. The lowest BCUT2D eigenvalue weighted by Gasteiger charge is -2.39. The highest BCUT2D eigenvalue weighted by atomic mass is 35.5. The molecule has 5 rings (SSSR count). The Morgan fingerprint density at radius 2 is 1.79 bits per heavy atom. The Balaban J connectivity index is 1.46. The van der Waals surface area contributed by atoms with Crippen molar-refractivity contribution in [1.82, 2.24) is 9.80 Å². The van der Waals surface area contributed by atoms with E-state index in [-0.39, 0.29) is 30.8 Å². The second kappa shape index (κ2) is 8.83. The van der Waals surface area contributed by atoms with Gasteiger partial charge >= 0.3 is 0 Å². The number of hydrogen-bond acceptors (Lipinski definition) is 4. The van der Waals surface area contributed by atoms with E-state index < -0.39 is 6.04 Å². The summed E-state index contributed by atoms with van der Waals surface area (Å²) >= 11 is 6.20. The molecule has 1 fully saturated rings. The van der Waals surface area contributed by atoms with E-state index in [1.54, 1.807) is 71.5 Å². The van der Waals surface area contributed by atoms with Crippen LogP contribution in [-0.2, 0) is 4.79 Å². The number of rotatable bonds is 3. The average Bonchev–Trinajstić information content (AvgIpc) is 2.97. The molecule has 0 bridgehead atoms. The molecule has 0 aliphatic carbocycles. The number of piperazine rings is 1. The molecule has 8 heteroatoms. The Morgan fingerprint density at radius 1 is 1.00 bits per heavy atom. The van der Waals surface area contributed by atoms with Crippen LogP contribution in [0.3, 0.4) is 0 Å². The van der Waals surface area contributed by atoms with Gasteiger partial charge in [0.2, 0.25) is 5.91 Å². The Hall–Kier alpha value is -3.84. The summed E-state index contributed by atoms with van der Waals surface area (Å²) in [5.41, 5.74) is 2.88. The molecule has 0 aromatic heterocycles. The number of ether oxygens (including phenoxy) is 1. The van der Waals surface area contributed by atoms with E-state index >= 15 is 0 Å². The fourth-order valence-corrected chi connectivity index (χ4v) is 4.64. The third-order valence-electron chi connectivity index (χ3n) is 6.23. The van der Waals surface area contributed by atoms with Crippen LogP contribution in [-0.4, -0.2) is 60.3 Å². The van der Waals surface area contributed by atoms with Gasteiger partial charge in [0.1, 0.15) is 11.8 Å². The van der Waals surface area contributed by atoms with Crippen molar-refractivity contribution in [3.63, 3.8) is 0 Å². The first-order chi connectivity index (χ1) is 16.5. The Morgan fingerprint density at radius 3 is 2.56 bits per heavy atom. The van der Waals surface area contributed by atoms with E-state index in [0.29, 0.717) is 34.1 Å². The predicted molar refractivity (Wildman–Crippen MR) is 129 cm³/mol. The van der Waals surface area contributed by atoms with Crippen molar-refractivity contribution >= 4 is 35.0 Å². The third-order valence-corrected chi connectivity index (χ3v) is 6.47. The molecular weight excluding hydrogens is 454 g/mol. The normalized spacial score (nSPS) is 17.4. The Labute approximate surface area is 201 Å². The Bertz CT molecular complexity index is 1290. The van der Waals surface area contributed by atoms with Crippen molar-refractivity contribution in [1.29, 1.82) is 0 Å². The first-order valence-electron chi connectivity index (χ1n) is 10.9. The van der Waals surface area contributed by atoms with E-state index in [2.05, 4.69) is 5.32 Å². The van der Waals surface area contributed by atoms with Crippen LogP contribution in [0.25, 0.3) is 11.1 Å². The predicted octanol–water partition coefficient (Wildman–Crippen LogP) is 3.93. The van der Waals surface area contributed by atoms with Gasteiger partial charge < -0.3 is 19.9 Å². The average molecular weight is 476 g/mol. The molecule has 1 saturated heterocycles. The topological polar surface area (TPSA) is 79.0 Å². The van der Waals surface area contributed by atoms with Gasteiger partial charge in [-0.1, -0.05) is 35.9 Å². The summed E-state index contributed by atoms with van der Waals surface area (Å²) in [7, 11) is 1.57. The minimum absolute atomic E-state index is 0.133. The lowest BCUT2D eigenvalue weighted by Crippen LogP contribution is -2.59. The molecule has 2 heterocycles. The summed E-state index contributed by atoms with van der Waals surface area (Å²) in [6.07, 6.45) is 0. The number of carbonyl (C=O) groups excluding carboxylic acids is 3. The van der Waals surface area contributed by atoms with Crippen LogP contribution in [0.5, 0.6) is 5.75 Å². The van der Waals surface area contributed by atoms with Crippen LogP contribution < -0.4 is 10.1 Å². The molecule has 3 aromatic carbocycles. The molecule has 3 aromatic rings. The number of amides is 3. The first kappa shape index (κ1) is 22.0. The molecule has 7 nitrogen and oxygen atoms in total. The van der Waals surface area contributed by atoms with Gasteiger partial charge in [-0.15, -0.1) is 0 Å². The van der Waals surface area contributed by atoms with Crippen molar-refractivity contribution in [2.24, 2.45) is 0 Å². The van der Waals surface area contributed by atoms with Gasteiger partial charge in [-0.25, -0.2) is 0 Å². The van der Waals surface area contributed by atoms with Gasteiger partial charge in [0.15, 0.2) is 0 Å². The molecule has 1 N–H and O–H groups in total. The maximum atomic E-state index is 13.5. The number of anilines is 1. The molecule has 0 radical (unpaired) electrons. The third kappa shape index (κ3) is 3.88. The van der Waals surface area contributed by atoms with Crippen LogP contribution in [0.4, 0.5) is 5.69 Å². The summed E-state index contributed by atoms with van der Waals surface area (Å²) in [6, 6.07) is 18.7. The molecular formula is C26H22ClN3O4. The van der Waals surface area contributed by atoms with Crippen molar-refractivity contribution < 1.29 is 19.1 Å². The molecule has 2 aliphatic heterocycles. The van der Waals surface area contributed by atoms with E-state index in [9.17, 15) is 14.4 Å². The fourth-order valence-electron chi connectivity index (χ4n) is 4.47. The molecule has 172 valence electrons. The second-order valence-electron chi connectivity index (χ2n) is 8.23. The zero-order valence-corrected chi connectivity index (χ0v) is 19.2. The SMILES string of the molecule is COc1ccc(Cl)cc1-c1ccc2c(c1)C(=O)N1CCN(C(=O)c3ccccc3)CC1C(=O)N2. The molecule has 34 heavy (non-hydrogen) atoms. The number of fused-ring (bicyclic) bond motifs is 2. The molecule has 2 aliphatic rings. The van der Waals surface area contributed by atoms with Crippen molar-refractivity contribution in [2.75, 3.05) is 32.1 Å². The second-order valence-corrected chi connectivity index (χ2v) is 8.66. The zero-order chi connectivity index (χ0) is 23.8. The van der Waals surface area contributed by atoms with Gasteiger partial charge in [-0.2, -0.15) is 0 Å². The van der Waals surface area contributed by atoms with E-state index in [1.807, 2.05) is 12.1 Å². The van der Waals surface area contributed by atoms with Gasteiger partial charge in [0.05, 0.1) is 24.9 Å². The maximum Gasteiger partial charge on any atom is 0.256 e. The van der Waals surface area contributed by atoms with Crippen molar-refractivity contribution in [3.8, 4) is 16.9 Å². The first-order valence-corrected chi connectivity index (χ1v) is 11.3. The van der Waals surface area contributed by atoms with Gasteiger partial charge in [-0.05, 0) is 48.0 Å². The van der Waals surface area contributed by atoms with E-state index in [0.717, 1.165) is 11.1 Å². The van der Waals surface area contributed by atoms with Gasteiger partial charge in [0.25, 0.3) is 11.8 Å². The summed E-state index contributed by atoms with van der Waals surface area (Å²) in [5, 5.41) is 3.42. The van der Waals surface area contributed by atoms with Crippen molar-refractivity contribution in [3.05, 3.63) is 82.9 Å². The highest BCUT2D eigenvalue weighted by Crippen LogP contribution is 2.36. The maximum absolute atomic E-state index is 13.5. The van der Waals surface area contributed by atoms with Crippen LogP contribution >= 0.6 is 11.6 Å². The van der Waals surface area contributed by atoms with E-state index in [4.69, 9.17) is 16.3 Å². The number of hydrogen-bond donors (Lipinski definition) is 1. The lowest BCUT2D eigenvalue weighted by atomic mass is 10.00. The van der Waals surface area contributed by atoms with Crippen LogP contribution in [0, 0.1) is 0 Å². The molecule has 1 unspecified atom stereocenters. The number of methoxy groups -OCH3 is 1. The summed E-state index contributed by atoms with van der Waals surface area (Å²) < 4.78 is 5.46. The smallest absolute Gasteiger partial charge is 0.256 e. The van der Waals surface area contributed by atoms with Crippen LogP contribution in [0.2, 0.25) is 5.02 Å². The monoisotopic (exact) mass is 475 g/mol. The minimum Gasteiger partial charge on any atom is -0.496 e. The molecule has 0 spiro atoms. The highest BCUT2D eigenvalue weighted by molar-refractivity contribution is 6.31.